The first-order chi connectivity index (χ1) is 13.6. The van der Waals surface area contributed by atoms with Gasteiger partial charge in [-0.15, -0.1) is 0 Å². The highest BCUT2D eigenvalue weighted by Crippen LogP contribution is 2.47. The van der Waals surface area contributed by atoms with E-state index in [9.17, 15) is 14.0 Å². The Morgan fingerprint density at radius 3 is 2.46 bits per heavy atom. The number of carbonyl (C=O) groups excluding carboxylic acids is 2. The van der Waals surface area contributed by atoms with Crippen molar-refractivity contribution in [3.8, 4) is 0 Å². The van der Waals surface area contributed by atoms with Gasteiger partial charge in [-0.3, -0.25) is 9.59 Å². The van der Waals surface area contributed by atoms with E-state index in [2.05, 4.69) is 10.6 Å². The minimum atomic E-state index is -0.313. The molecule has 1 heterocycles. The number of hydrogen-bond acceptors (Lipinski definition) is 3. The molecule has 28 heavy (non-hydrogen) atoms. The number of carbonyl (C=O) groups is 2. The van der Waals surface area contributed by atoms with E-state index in [-0.39, 0.29) is 35.2 Å². The minimum Gasteiger partial charge on any atom is -0.459 e. The quantitative estimate of drug-likeness (QED) is 0.679. The molecule has 3 aromatic rings. The van der Waals surface area contributed by atoms with Crippen molar-refractivity contribution < 1.29 is 18.4 Å². The second kappa shape index (κ2) is 7.68. The van der Waals surface area contributed by atoms with Crippen molar-refractivity contribution in [2.75, 3.05) is 5.32 Å². The first-order valence-corrected chi connectivity index (χ1v) is 9.07. The number of halogens is 1. The van der Waals surface area contributed by atoms with Crippen LogP contribution in [0.3, 0.4) is 0 Å². The molecular formula is C22H19FN2O3. The normalized spacial score (nSPS) is 17.8. The van der Waals surface area contributed by atoms with Gasteiger partial charge < -0.3 is 15.1 Å². The highest BCUT2D eigenvalue weighted by Gasteiger charge is 2.43. The molecule has 1 aromatic heterocycles. The fraction of sp³-hybridized carbons (Fsp3) is 0.182. The summed E-state index contributed by atoms with van der Waals surface area (Å²) >= 11 is 0. The second-order valence-electron chi connectivity index (χ2n) is 6.85. The van der Waals surface area contributed by atoms with Crippen molar-refractivity contribution in [1.29, 1.82) is 0 Å². The largest absolute Gasteiger partial charge is 0.459 e. The molecule has 0 radical (unpaired) electrons. The van der Waals surface area contributed by atoms with Crippen LogP contribution in [0.15, 0.2) is 71.3 Å². The van der Waals surface area contributed by atoms with E-state index in [1.807, 2.05) is 12.1 Å². The highest BCUT2D eigenvalue weighted by atomic mass is 19.1. The Morgan fingerprint density at radius 2 is 1.79 bits per heavy atom. The van der Waals surface area contributed by atoms with Crippen molar-refractivity contribution in [2.24, 2.45) is 5.92 Å². The summed E-state index contributed by atoms with van der Waals surface area (Å²) < 4.78 is 18.1. The minimum absolute atomic E-state index is 0.00419. The Bertz CT molecular complexity index is 966. The summed E-state index contributed by atoms with van der Waals surface area (Å²) in [5.41, 5.74) is 2.58. The van der Waals surface area contributed by atoms with Crippen molar-refractivity contribution >= 4 is 17.5 Å². The zero-order valence-electron chi connectivity index (χ0n) is 15.0. The van der Waals surface area contributed by atoms with Crippen molar-refractivity contribution in [2.45, 2.75) is 18.9 Å². The Kier molecular flexibility index (Phi) is 4.93. The van der Waals surface area contributed by atoms with Gasteiger partial charge in [-0.1, -0.05) is 24.3 Å². The van der Waals surface area contributed by atoms with Gasteiger partial charge in [0, 0.05) is 18.2 Å². The number of hydrogen-bond donors (Lipinski definition) is 2. The zero-order chi connectivity index (χ0) is 19.5. The van der Waals surface area contributed by atoms with E-state index in [4.69, 9.17) is 4.42 Å². The second-order valence-corrected chi connectivity index (χ2v) is 6.85. The van der Waals surface area contributed by atoms with Crippen LogP contribution in [0.4, 0.5) is 10.1 Å². The van der Waals surface area contributed by atoms with E-state index >= 15 is 0 Å². The number of nitrogens with one attached hydrogen (secondary N) is 2. The van der Waals surface area contributed by atoms with E-state index in [1.54, 1.807) is 36.4 Å². The van der Waals surface area contributed by atoms with Crippen LogP contribution < -0.4 is 10.6 Å². The van der Waals surface area contributed by atoms with Gasteiger partial charge in [0.05, 0.1) is 6.26 Å². The van der Waals surface area contributed by atoms with Gasteiger partial charge in [0.2, 0.25) is 5.91 Å². The summed E-state index contributed by atoms with van der Waals surface area (Å²) in [6, 6.07) is 16.8. The first-order valence-electron chi connectivity index (χ1n) is 9.07. The van der Waals surface area contributed by atoms with E-state index in [0.717, 1.165) is 17.5 Å². The van der Waals surface area contributed by atoms with Crippen LogP contribution in [0.25, 0.3) is 0 Å². The lowest BCUT2D eigenvalue weighted by Crippen LogP contribution is -2.24. The number of benzene rings is 2. The number of furan rings is 1. The van der Waals surface area contributed by atoms with Crippen molar-refractivity contribution in [1.82, 2.24) is 5.32 Å². The Morgan fingerprint density at radius 1 is 1.04 bits per heavy atom. The van der Waals surface area contributed by atoms with Gasteiger partial charge in [0.15, 0.2) is 5.76 Å². The average molecular weight is 378 g/mol. The Balaban J connectivity index is 1.26. The fourth-order valence-corrected chi connectivity index (χ4v) is 3.19. The number of amides is 2. The molecule has 0 saturated heterocycles. The zero-order valence-corrected chi connectivity index (χ0v) is 15.0. The molecule has 0 bridgehead atoms. The molecule has 2 N–H and O–H groups in total. The van der Waals surface area contributed by atoms with Crippen molar-refractivity contribution in [3.63, 3.8) is 0 Å². The summed E-state index contributed by atoms with van der Waals surface area (Å²) in [5, 5.41) is 5.69. The predicted octanol–water partition coefficient (Wildman–Crippen LogP) is 4.09. The van der Waals surface area contributed by atoms with E-state index < -0.39 is 0 Å². The Labute approximate surface area is 161 Å². The van der Waals surface area contributed by atoms with Crippen LogP contribution in [0, 0.1) is 11.7 Å². The van der Waals surface area contributed by atoms with Crippen LogP contribution in [-0.2, 0) is 11.3 Å². The maximum Gasteiger partial charge on any atom is 0.291 e. The smallest absolute Gasteiger partial charge is 0.291 e. The first kappa shape index (κ1) is 18.0. The van der Waals surface area contributed by atoms with Crippen LogP contribution in [0.5, 0.6) is 0 Å². The number of rotatable bonds is 6. The van der Waals surface area contributed by atoms with Gasteiger partial charge in [0.1, 0.15) is 5.82 Å². The van der Waals surface area contributed by atoms with Crippen molar-refractivity contribution in [3.05, 3.63) is 89.6 Å². The molecular weight excluding hydrogens is 359 g/mol. The van der Waals surface area contributed by atoms with E-state index in [1.165, 1.54) is 18.4 Å². The molecule has 2 aromatic carbocycles. The maximum absolute atomic E-state index is 13.0. The van der Waals surface area contributed by atoms with Crippen LogP contribution in [0.1, 0.15) is 34.0 Å². The molecule has 0 spiro atoms. The molecule has 2 atom stereocenters. The molecule has 0 aliphatic heterocycles. The lowest BCUT2D eigenvalue weighted by atomic mass is 10.1. The average Bonchev–Trinajstić information content (AvgIpc) is 3.31. The van der Waals surface area contributed by atoms with Crippen LogP contribution >= 0.6 is 0 Å². The van der Waals surface area contributed by atoms with Gasteiger partial charge >= 0.3 is 0 Å². The molecule has 1 aliphatic rings. The summed E-state index contributed by atoms with van der Waals surface area (Å²) in [6.45, 7) is 0.415. The summed E-state index contributed by atoms with van der Waals surface area (Å²) in [4.78, 5) is 24.3. The van der Waals surface area contributed by atoms with Gasteiger partial charge in [0.25, 0.3) is 5.91 Å². The molecule has 1 fully saturated rings. The molecule has 5 nitrogen and oxygen atoms in total. The van der Waals surface area contributed by atoms with Crippen LogP contribution in [-0.4, -0.2) is 11.8 Å². The Hall–Kier alpha value is -3.41. The summed E-state index contributed by atoms with van der Waals surface area (Å²) in [7, 11) is 0. The standard InChI is InChI=1S/C22H19FN2O3/c23-16-7-5-15(6-8-16)18-12-19(18)21(26)24-13-14-3-9-17(10-4-14)25-22(27)20-2-1-11-28-20/h1-11,18-19H,12-13H2,(H,24,26)(H,25,27)/t18-,19+/m1/s1. The van der Waals surface area contributed by atoms with Gasteiger partial charge in [-0.05, 0) is 59.9 Å². The molecule has 1 saturated carbocycles. The molecule has 2 amide bonds. The molecule has 0 unspecified atom stereocenters. The summed E-state index contributed by atoms with van der Waals surface area (Å²) in [5.74, 6) is -0.223. The molecule has 4 rings (SSSR count). The highest BCUT2D eigenvalue weighted by molar-refractivity contribution is 6.02. The van der Waals surface area contributed by atoms with Gasteiger partial charge in [-0.25, -0.2) is 4.39 Å². The fourth-order valence-electron chi connectivity index (χ4n) is 3.19. The number of anilines is 1. The molecule has 142 valence electrons. The summed E-state index contributed by atoms with van der Waals surface area (Å²) in [6.07, 6.45) is 2.23. The molecule has 6 heteroatoms. The third-order valence-corrected chi connectivity index (χ3v) is 4.85. The lowest BCUT2D eigenvalue weighted by molar-refractivity contribution is -0.122. The molecule has 1 aliphatic carbocycles. The third kappa shape index (κ3) is 4.11. The monoisotopic (exact) mass is 378 g/mol. The topological polar surface area (TPSA) is 71.3 Å². The van der Waals surface area contributed by atoms with Crippen LogP contribution in [0.2, 0.25) is 0 Å². The van der Waals surface area contributed by atoms with E-state index in [0.29, 0.717) is 12.2 Å². The predicted molar refractivity (Wildman–Crippen MR) is 102 cm³/mol. The third-order valence-electron chi connectivity index (χ3n) is 4.85. The SMILES string of the molecule is O=C(Nc1ccc(CNC(=O)[C@H]2C[C@@H]2c2ccc(F)cc2)cc1)c1ccco1. The van der Waals surface area contributed by atoms with Gasteiger partial charge in [-0.2, -0.15) is 0 Å². The lowest BCUT2D eigenvalue weighted by Gasteiger charge is -2.07. The maximum atomic E-state index is 13.0.